The fraction of sp³-hybridized carbons (Fsp3) is 0.400. The Kier molecular flexibility index (Phi) is 5.36. The maximum absolute atomic E-state index is 4.52. The Bertz CT molecular complexity index is 482. The summed E-state index contributed by atoms with van der Waals surface area (Å²) in [4.78, 5) is 8.19. The molecule has 0 aromatic carbocycles. The van der Waals surface area contributed by atoms with E-state index in [1.807, 2.05) is 23.6 Å². The van der Waals surface area contributed by atoms with Crippen LogP contribution in [0.5, 0.6) is 0 Å². The molecule has 0 amide bonds. The van der Waals surface area contributed by atoms with Crippen LogP contribution in [0, 0.1) is 0 Å². The fourth-order valence-corrected chi connectivity index (χ4v) is 2.71. The zero-order valence-electron chi connectivity index (χ0n) is 11.6. The second-order valence-electron chi connectivity index (χ2n) is 4.52. The first-order valence-corrected chi connectivity index (χ1v) is 7.57. The largest absolute Gasteiger partial charge is 0.359 e. The highest BCUT2D eigenvalue weighted by Gasteiger charge is 2.08. The summed E-state index contributed by atoms with van der Waals surface area (Å²) in [5, 5.41) is 5.50. The molecule has 0 spiro atoms. The van der Waals surface area contributed by atoms with Crippen molar-refractivity contribution in [3.05, 3.63) is 46.3 Å². The van der Waals surface area contributed by atoms with Gasteiger partial charge < -0.3 is 10.2 Å². The van der Waals surface area contributed by atoms with Gasteiger partial charge in [-0.3, -0.25) is 0 Å². The Morgan fingerprint density at radius 2 is 2.21 bits per heavy atom. The predicted octanol–water partition coefficient (Wildman–Crippen LogP) is 2.93. The van der Waals surface area contributed by atoms with Gasteiger partial charge in [-0.1, -0.05) is 19.1 Å². The smallest absolute Gasteiger partial charge is 0.132 e. The van der Waals surface area contributed by atoms with Crippen molar-refractivity contribution >= 4 is 17.2 Å². The second-order valence-corrected chi connectivity index (χ2v) is 5.55. The number of hydrogen-bond donors (Lipinski definition) is 1. The van der Waals surface area contributed by atoms with E-state index < -0.39 is 0 Å². The number of nitrogens with one attached hydrogen (secondary N) is 1. The van der Waals surface area contributed by atoms with Gasteiger partial charge in [0.1, 0.15) is 5.82 Å². The number of hydrogen-bond acceptors (Lipinski definition) is 4. The van der Waals surface area contributed by atoms with Gasteiger partial charge in [-0.2, -0.15) is 0 Å². The average molecular weight is 275 g/mol. The minimum atomic E-state index is 0.878. The molecule has 3 nitrogen and oxygen atoms in total. The molecule has 0 atom stereocenters. The van der Waals surface area contributed by atoms with Crippen molar-refractivity contribution in [3.8, 4) is 0 Å². The molecule has 2 aromatic heterocycles. The van der Waals surface area contributed by atoms with Gasteiger partial charge in [0.15, 0.2) is 0 Å². The van der Waals surface area contributed by atoms with Crippen LogP contribution in [0.2, 0.25) is 0 Å². The van der Waals surface area contributed by atoms with Gasteiger partial charge >= 0.3 is 0 Å². The third-order valence-electron chi connectivity index (χ3n) is 3.07. The van der Waals surface area contributed by atoms with Crippen LogP contribution in [0.15, 0.2) is 35.8 Å². The van der Waals surface area contributed by atoms with Crippen LogP contribution in [0.25, 0.3) is 0 Å². The van der Waals surface area contributed by atoms with Crippen LogP contribution >= 0.6 is 11.3 Å². The molecule has 0 unspecified atom stereocenters. The van der Waals surface area contributed by atoms with Crippen LogP contribution in [0.1, 0.15) is 17.4 Å². The number of likely N-dealkylation sites (N-methyl/N-ethyl adjacent to an activating group) is 1. The third kappa shape index (κ3) is 4.04. The van der Waals surface area contributed by atoms with E-state index in [0.717, 1.165) is 31.9 Å². The summed E-state index contributed by atoms with van der Waals surface area (Å²) in [7, 11) is 2.12. The van der Waals surface area contributed by atoms with Gasteiger partial charge in [0.25, 0.3) is 0 Å². The van der Waals surface area contributed by atoms with Crippen molar-refractivity contribution in [2.45, 2.75) is 19.9 Å². The van der Waals surface area contributed by atoms with Gasteiger partial charge in [-0.05, 0) is 30.5 Å². The summed E-state index contributed by atoms with van der Waals surface area (Å²) in [6, 6.07) is 8.45. The van der Waals surface area contributed by atoms with Crippen LogP contribution in [0.4, 0.5) is 5.82 Å². The SMILES string of the molecule is CCNCc1cccnc1N(C)CCc1cccs1. The van der Waals surface area contributed by atoms with E-state index in [2.05, 4.69) is 52.8 Å². The molecular weight excluding hydrogens is 254 g/mol. The van der Waals surface area contributed by atoms with E-state index in [1.54, 1.807) is 0 Å². The topological polar surface area (TPSA) is 28.2 Å². The van der Waals surface area contributed by atoms with Crippen LogP contribution in [-0.2, 0) is 13.0 Å². The van der Waals surface area contributed by atoms with Crippen molar-refractivity contribution in [1.82, 2.24) is 10.3 Å². The first-order valence-electron chi connectivity index (χ1n) is 6.69. The molecule has 0 fully saturated rings. The quantitative estimate of drug-likeness (QED) is 0.842. The Morgan fingerprint density at radius 1 is 1.32 bits per heavy atom. The molecule has 4 heteroatoms. The van der Waals surface area contributed by atoms with Crippen molar-refractivity contribution in [1.29, 1.82) is 0 Å². The average Bonchev–Trinajstić information content (AvgIpc) is 2.96. The molecule has 0 aliphatic heterocycles. The predicted molar refractivity (Wildman–Crippen MR) is 82.9 cm³/mol. The van der Waals surface area contributed by atoms with Gasteiger partial charge in [-0.15, -0.1) is 11.3 Å². The number of rotatable bonds is 7. The van der Waals surface area contributed by atoms with E-state index in [9.17, 15) is 0 Å². The van der Waals surface area contributed by atoms with E-state index in [0.29, 0.717) is 0 Å². The molecule has 2 heterocycles. The molecule has 0 radical (unpaired) electrons. The number of thiophene rings is 1. The summed E-state index contributed by atoms with van der Waals surface area (Å²) in [6.07, 6.45) is 2.94. The van der Waals surface area contributed by atoms with Crippen LogP contribution in [-0.4, -0.2) is 25.1 Å². The lowest BCUT2D eigenvalue weighted by Crippen LogP contribution is -2.24. The minimum Gasteiger partial charge on any atom is -0.359 e. The maximum atomic E-state index is 4.52. The number of pyridine rings is 1. The third-order valence-corrected chi connectivity index (χ3v) is 4.00. The molecule has 2 aromatic rings. The van der Waals surface area contributed by atoms with Crippen molar-refractivity contribution in [2.24, 2.45) is 0 Å². The second kappa shape index (κ2) is 7.26. The molecule has 102 valence electrons. The van der Waals surface area contributed by atoms with E-state index in [-0.39, 0.29) is 0 Å². The Hall–Kier alpha value is -1.39. The van der Waals surface area contributed by atoms with Crippen molar-refractivity contribution in [2.75, 3.05) is 25.0 Å². The molecule has 2 rings (SSSR count). The number of anilines is 1. The molecule has 1 N–H and O–H groups in total. The summed E-state index contributed by atoms with van der Waals surface area (Å²) < 4.78 is 0. The van der Waals surface area contributed by atoms with Gasteiger partial charge in [-0.25, -0.2) is 4.98 Å². The number of nitrogens with zero attached hydrogens (tertiary/aromatic N) is 2. The first kappa shape index (κ1) is 14.0. The van der Waals surface area contributed by atoms with E-state index >= 15 is 0 Å². The lowest BCUT2D eigenvalue weighted by atomic mass is 10.2. The van der Waals surface area contributed by atoms with E-state index in [1.165, 1.54) is 10.4 Å². The van der Waals surface area contributed by atoms with Gasteiger partial charge in [0, 0.05) is 36.8 Å². The standard InChI is InChI=1S/C15H21N3S/c1-3-16-12-13-6-4-9-17-15(13)18(2)10-8-14-7-5-11-19-14/h4-7,9,11,16H,3,8,10,12H2,1-2H3. The normalized spacial score (nSPS) is 10.6. The lowest BCUT2D eigenvalue weighted by Gasteiger charge is -2.21. The summed E-state index contributed by atoms with van der Waals surface area (Å²) in [5.41, 5.74) is 1.26. The minimum absolute atomic E-state index is 0.878. The molecule has 0 aliphatic carbocycles. The van der Waals surface area contributed by atoms with Gasteiger partial charge in [0.2, 0.25) is 0 Å². The molecule has 19 heavy (non-hydrogen) atoms. The van der Waals surface area contributed by atoms with Crippen LogP contribution < -0.4 is 10.2 Å². The monoisotopic (exact) mass is 275 g/mol. The van der Waals surface area contributed by atoms with E-state index in [4.69, 9.17) is 0 Å². The zero-order valence-corrected chi connectivity index (χ0v) is 12.4. The zero-order chi connectivity index (χ0) is 13.5. The molecule has 0 saturated carbocycles. The van der Waals surface area contributed by atoms with Crippen LogP contribution in [0.3, 0.4) is 0 Å². The molecule has 0 saturated heterocycles. The summed E-state index contributed by atoms with van der Waals surface area (Å²) in [5.74, 6) is 1.08. The Morgan fingerprint density at radius 3 is 2.95 bits per heavy atom. The summed E-state index contributed by atoms with van der Waals surface area (Å²) in [6.45, 7) is 4.98. The highest BCUT2D eigenvalue weighted by molar-refractivity contribution is 7.09. The Balaban J connectivity index is 1.99. The molecule has 0 aliphatic rings. The van der Waals surface area contributed by atoms with Crippen molar-refractivity contribution < 1.29 is 0 Å². The molecule has 0 bridgehead atoms. The highest BCUT2D eigenvalue weighted by Crippen LogP contribution is 2.17. The molecular formula is C15H21N3S. The Labute approximate surface area is 119 Å². The van der Waals surface area contributed by atoms with Crippen molar-refractivity contribution in [3.63, 3.8) is 0 Å². The fourth-order valence-electron chi connectivity index (χ4n) is 2.01. The van der Waals surface area contributed by atoms with Gasteiger partial charge in [0.05, 0.1) is 0 Å². The number of aromatic nitrogens is 1. The highest BCUT2D eigenvalue weighted by atomic mass is 32.1. The first-order chi connectivity index (χ1) is 9.31. The summed E-state index contributed by atoms with van der Waals surface area (Å²) >= 11 is 1.82. The lowest BCUT2D eigenvalue weighted by molar-refractivity contribution is 0.719. The maximum Gasteiger partial charge on any atom is 0.132 e.